The zero-order valence-electron chi connectivity index (χ0n) is 9.29. The van der Waals surface area contributed by atoms with Crippen molar-refractivity contribution >= 4 is 0 Å². The highest BCUT2D eigenvalue weighted by atomic mass is 16.3. The summed E-state index contributed by atoms with van der Waals surface area (Å²) >= 11 is 0. The third-order valence-electron chi connectivity index (χ3n) is 4.89. The number of fused-ring (bicyclic) bond motifs is 1. The Morgan fingerprint density at radius 3 is 1.57 bits per heavy atom. The van der Waals surface area contributed by atoms with E-state index in [9.17, 15) is 10.2 Å². The van der Waals surface area contributed by atoms with E-state index < -0.39 is 0 Å². The van der Waals surface area contributed by atoms with E-state index in [1.165, 1.54) is 0 Å². The van der Waals surface area contributed by atoms with Crippen LogP contribution in [-0.2, 0) is 0 Å². The summed E-state index contributed by atoms with van der Waals surface area (Å²) in [5.74, 6) is 0. The molecule has 0 spiro atoms. The Balaban J connectivity index is 2.20. The van der Waals surface area contributed by atoms with Crippen LogP contribution in [0.4, 0.5) is 0 Å². The van der Waals surface area contributed by atoms with Gasteiger partial charge in [-0.2, -0.15) is 0 Å². The van der Waals surface area contributed by atoms with Crippen molar-refractivity contribution in [2.75, 3.05) is 0 Å². The predicted octanol–water partition coefficient (Wildman–Crippen LogP) is 2.09. The molecule has 2 aliphatic rings. The summed E-state index contributed by atoms with van der Waals surface area (Å²) in [6.07, 6.45) is 5.61. The van der Waals surface area contributed by atoms with Gasteiger partial charge in [-0.15, -0.1) is 0 Å². The molecule has 14 heavy (non-hydrogen) atoms. The van der Waals surface area contributed by atoms with Crippen LogP contribution in [0.2, 0.25) is 0 Å². The number of hydrogen-bond donors (Lipinski definition) is 2. The molecule has 0 radical (unpaired) electrons. The molecule has 2 rings (SSSR count). The highest BCUT2D eigenvalue weighted by Gasteiger charge is 2.51. The molecule has 2 saturated carbocycles. The molecular weight excluding hydrogens is 176 g/mol. The summed E-state index contributed by atoms with van der Waals surface area (Å²) in [7, 11) is 0. The number of rotatable bonds is 0. The van der Waals surface area contributed by atoms with Crippen LogP contribution in [0.25, 0.3) is 0 Å². The first-order valence-corrected chi connectivity index (χ1v) is 5.81. The summed E-state index contributed by atoms with van der Waals surface area (Å²) in [6.45, 7) is 4.59. The third-order valence-corrected chi connectivity index (χ3v) is 4.89. The van der Waals surface area contributed by atoms with Crippen molar-refractivity contribution in [1.82, 2.24) is 0 Å². The Morgan fingerprint density at radius 1 is 0.857 bits per heavy atom. The van der Waals surface area contributed by atoms with E-state index in [4.69, 9.17) is 0 Å². The zero-order valence-corrected chi connectivity index (χ0v) is 9.29. The van der Waals surface area contributed by atoms with Crippen molar-refractivity contribution in [3.05, 3.63) is 0 Å². The van der Waals surface area contributed by atoms with Gasteiger partial charge in [-0.3, -0.25) is 0 Å². The molecule has 2 N–H and O–H groups in total. The van der Waals surface area contributed by atoms with Gasteiger partial charge in [-0.05, 0) is 49.4 Å². The second kappa shape index (κ2) is 3.21. The van der Waals surface area contributed by atoms with E-state index in [0.29, 0.717) is 0 Å². The van der Waals surface area contributed by atoms with Crippen molar-refractivity contribution in [2.45, 2.75) is 64.6 Å². The second-order valence-electron chi connectivity index (χ2n) is 5.91. The maximum Gasteiger partial charge on any atom is 0.0545 e. The van der Waals surface area contributed by atoms with Gasteiger partial charge < -0.3 is 10.2 Å². The Kier molecular flexibility index (Phi) is 2.39. The molecule has 0 heterocycles. The molecule has 0 aromatic carbocycles. The summed E-state index contributed by atoms with van der Waals surface area (Å²) in [4.78, 5) is 0. The number of hydrogen-bond acceptors (Lipinski definition) is 2. The monoisotopic (exact) mass is 198 g/mol. The maximum atomic E-state index is 9.73. The number of aliphatic hydroxyl groups is 2. The Morgan fingerprint density at radius 2 is 1.21 bits per heavy atom. The van der Waals surface area contributed by atoms with E-state index in [1.54, 1.807) is 0 Å². The summed E-state index contributed by atoms with van der Waals surface area (Å²) in [6, 6.07) is 0. The van der Waals surface area contributed by atoms with Crippen LogP contribution in [0.1, 0.15) is 52.4 Å². The van der Waals surface area contributed by atoms with Crippen LogP contribution < -0.4 is 0 Å². The van der Waals surface area contributed by atoms with Crippen molar-refractivity contribution in [2.24, 2.45) is 10.8 Å². The lowest BCUT2D eigenvalue weighted by atomic mass is 9.51. The average molecular weight is 198 g/mol. The molecular formula is C12H22O2. The fourth-order valence-electron chi connectivity index (χ4n) is 3.52. The van der Waals surface area contributed by atoms with Gasteiger partial charge in [0.15, 0.2) is 0 Å². The van der Waals surface area contributed by atoms with Crippen LogP contribution in [0, 0.1) is 10.8 Å². The zero-order chi connectivity index (χ0) is 10.4. The van der Waals surface area contributed by atoms with Crippen LogP contribution in [0.5, 0.6) is 0 Å². The van der Waals surface area contributed by atoms with Crippen molar-refractivity contribution in [3.8, 4) is 0 Å². The summed E-state index contributed by atoms with van der Waals surface area (Å²) in [5.41, 5.74) is 0.508. The minimum absolute atomic E-state index is 0.108. The Bertz CT molecular complexity index is 204. The molecule has 0 aromatic heterocycles. The molecule has 2 heteroatoms. The van der Waals surface area contributed by atoms with Gasteiger partial charge in [0.2, 0.25) is 0 Å². The lowest BCUT2D eigenvalue weighted by Crippen LogP contribution is -2.49. The highest BCUT2D eigenvalue weighted by molar-refractivity contribution is 5.01. The highest BCUT2D eigenvalue weighted by Crippen LogP contribution is 2.58. The lowest BCUT2D eigenvalue weighted by Gasteiger charge is -2.55. The topological polar surface area (TPSA) is 40.5 Å². The predicted molar refractivity (Wildman–Crippen MR) is 55.9 cm³/mol. The molecule has 2 unspecified atom stereocenters. The summed E-state index contributed by atoms with van der Waals surface area (Å²) < 4.78 is 0. The quantitative estimate of drug-likeness (QED) is 0.625. The first-order chi connectivity index (χ1) is 6.45. The molecule has 82 valence electrons. The molecule has 0 saturated heterocycles. The molecule has 2 fully saturated rings. The van der Waals surface area contributed by atoms with Gasteiger partial charge in [0, 0.05) is 0 Å². The molecule has 0 bridgehead atoms. The summed E-state index contributed by atoms with van der Waals surface area (Å²) in [5, 5.41) is 19.5. The SMILES string of the molecule is C[C@@]12CCC(O)C[C@@]1(C)CCC(O)C2. The van der Waals surface area contributed by atoms with E-state index in [2.05, 4.69) is 13.8 Å². The minimum Gasteiger partial charge on any atom is -0.393 e. The second-order valence-corrected chi connectivity index (χ2v) is 5.91. The van der Waals surface area contributed by atoms with Gasteiger partial charge in [0.25, 0.3) is 0 Å². The van der Waals surface area contributed by atoms with E-state index in [-0.39, 0.29) is 23.0 Å². The lowest BCUT2D eigenvalue weighted by molar-refractivity contribution is -0.108. The fraction of sp³-hybridized carbons (Fsp3) is 1.00. The van der Waals surface area contributed by atoms with Gasteiger partial charge >= 0.3 is 0 Å². The smallest absolute Gasteiger partial charge is 0.0545 e. The van der Waals surface area contributed by atoms with Crippen molar-refractivity contribution < 1.29 is 10.2 Å². The van der Waals surface area contributed by atoms with Gasteiger partial charge in [0.1, 0.15) is 0 Å². The molecule has 0 aliphatic heterocycles. The minimum atomic E-state index is -0.108. The van der Waals surface area contributed by atoms with E-state index in [1.807, 2.05) is 0 Å². The molecule has 2 aliphatic carbocycles. The van der Waals surface area contributed by atoms with Gasteiger partial charge in [-0.25, -0.2) is 0 Å². The van der Waals surface area contributed by atoms with Crippen LogP contribution in [0.15, 0.2) is 0 Å². The fourth-order valence-corrected chi connectivity index (χ4v) is 3.52. The normalized spacial score (nSPS) is 54.0. The first kappa shape index (κ1) is 10.4. The van der Waals surface area contributed by atoms with Gasteiger partial charge in [-0.1, -0.05) is 13.8 Å². The standard InChI is InChI=1S/C12H22O2/c1-11-5-3-10(14)8-12(11,2)6-4-9(13)7-11/h9-10,13-14H,3-8H2,1-2H3/t9?,10?,11-,12+. The Labute approximate surface area is 86.3 Å². The van der Waals surface area contributed by atoms with Crippen LogP contribution >= 0.6 is 0 Å². The first-order valence-electron chi connectivity index (χ1n) is 5.81. The molecule has 0 amide bonds. The largest absolute Gasteiger partial charge is 0.393 e. The molecule has 2 nitrogen and oxygen atoms in total. The van der Waals surface area contributed by atoms with Crippen LogP contribution in [-0.4, -0.2) is 22.4 Å². The Hall–Kier alpha value is -0.0800. The van der Waals surface area contributed by atoms with Gasteiger partial charge in [0.05, 0.1) is 12.2 Å². The average Bonchev–Trinajstić information content (AvgIpc) is 2.08. The number of aliphatic hydroxyl groups excluding tert-OH is 2. The van der Waals surface area contributed by atoms with Crippen molar-refractivity contribution in [1.29, 1.82) is 0 Å². The van der Waals surface area contributed by atoms with E-state index in [0.717, 1.165) is 38.5 Å². The third kappa shape index (κ3) is 1.49. The van der Waals surface area contributed by atoms with E-state index >= 15 is 0 Å². The molecule has 0 aromatic rings. The molecule has 4 atom stereocenters. The van der Waals surface area contributed by atoms with Crippen molar-refractivity contribution in [3.63, 3.8) is 0 Å². The van der Waals surface area contributed by atoms with Crippen LogP contribution in [0.3, 0.4) is 0 Å². The maximum absolute atomic E-state index is 9.73.